The zero-order valence-corrected chi connectivity index (χ0v) is 32.9. The summed E-state index contributed by atoms with van der Waals surface area (Å²) in [7, 11) is 0. The molecule has 0 aliphatic rings. The van der Waals surface area contributed by atoms with Gasteiger partial charge in [0.2, 0.25) is 0 Å². The fourth-order valence-corrected chi connectivity index (χ4v) is 6.02. The number of anilines is 1. The summed E-state index contributed by atoms with van der Waals surface area (Å²) in [5, 5.41) is 0. The third-order valence-corrected chi connectivity index (χ3v) is 9.51. The van der Waals surface area contributed by atoms with Gasteiger partial charge in [-0.15, -0.1) is 0 Å². The Morgan fingerprint density at radius 3 is 1.29 bits per heavy atom. The number of nitrogens with zero attached hydrogens (tertiary/aromatic N) is 1. The molecule has 0 atom stereocenters. The Morgan fingerprint density at radius 2 is 0.909 bits per heavy atom. The minimum absolute atomic E-state index is 0.0745. The number of aldehydes is 2. The number of hydrogen-bond donors (Lipinski definition) is 0. The van der Waals surface area contributed by atoms with Gasteiger partial charge in [-0.2, -0.15) is 0 Å². The van der Waals surface area contributed by atoms with Crippen molar-refractivity contribution in [2.45, 2.75) is 65.7 Å². The predicted octanol–water partition coefficient (Wildman–Crippen LogP) is 12.2. The molecule has 0 saturated carbocycles. The molecule has 0 bridgehead atoms. The first-order valence-corrected chi connectivity index (χ1v) is 19.3. The third kappa shape index (κ3) is 11.9. The lowest BCUT2D eigenvalue weighted by atomic mass is 9.86. The van der Waals surface area contributed by atoms with Gasteiger partial charge in [0.1, 0.15) is 12.6 Å². The van der Waals surface area contributed by atoms with Gasteiger partial charge in [0.25, 0.3) is 0 Å². The normalized spacial score (nSPS) is 11.1. The first kappa shape index (κ1) is 40.0. The minimum atomic E-state index is 0.0745. The maximum atomic E-state index is 11.3. The lowest BCUT2D eigenvalue weighted by molar-refractivity contribution is 0.111. The van der Waals surface area contributed by atoms with Crippen molar-refractivity contribution in [1.82, 2.24) is 0 Å². The van der Waals surface area contributed by atoms with Gasteiger partial charge >= 0.3 is 0 Å². The van der Waals surface area contributed by atoms with Crippen molar-refractivity contribution in [2.75, 3.05) is 18.0 Å². The molecule has 3 nitrogen and oxygen atoms in total. The molecular weight excluding hydrogens is 671 g/mol. The van der Waals surface area contributed by atoms with Crippen LogP contribution in [0.5, 0.6) is 0 Å². The first-order chi connectivity index (χ1) is 26.7. The molecule has 0 spiro atoms. The summed E-state index contributed by atoms with van der Waals surface area (Å²) in [5.41, 5.74) is 11.3. The van der Waals surface area contributed by atoms with Crippen molar-refractivity contribution in [3.8, 4) is 23.7 Å². The van der Waals surface area contributed by atoms with Gasteiger partial charge in [-0.05, 0) is 94.6 Å². The van der Waals surface area contributed by atoms with Crippen molar-refractivity contribution in [1.29, 1.82) is 0 Å². The molecular formula is C52H51NO2. The maximum Gasteiger partial charge on any atom is 0.150 e. The van der Waals surface area contributed by atoms with Crippen molar-refractivity contribution < 1.29 is 9.59 Å². The van der Waals surface area contributed by atoms with Gasteiger partial charge in [-0.1, -0.05) is 156 Å². The first-order valence-electron chi connectivity index (χ1n) is 19.3. The molecule has 276 valence electrons. The average Bonchev–Trinajstić information content (AvgIpc) is 3.21. The summed E-state index contributed by atoms with van der Waals surface area (Å²) in [6.45, 7) is 13.3. The number of hydrogen-bond acceptors (Lipinski definition) is 3. The fourth-order valence-electron chi connectivity index (χ4n) is 6.02. The molecule has 0 amide bonds. The average molecular weight is 722 g/mol. The highest BCUT2D eigenvalue weighted by Gasteiger charge is 2.13. The highest BCUT2D eigenvalue weighted by atomic mass is 16.1. The van der Waals surface area contributed by atoms with Crippen LogP contribution in [-0.2, 0) is 5.41 Å². The Kier molecular flexibility index (Phi) is 14.4. The van der Waals surface area contributed by atoms with Gasteiger partial charge in [0, 0.05) is 52.2 Å². The van der Waals surface area contributed by atoms with Crippen LogP contribution in [0.25, 0.3) is 24.3 Å². The van der Waals surface area contributed by atoms with Crippen molar-refractivity contribution in [3.63, 3.8) is 0 Å². The van der Waals surface area contributed by atoms with E-state index in [4.69, 9.17) is 0 Å². The van der Waals surface area contributed by atoms with Crippen LogP contribution in [-0.4, -0.2) is 25.7 Å². The largest absolute Gasteiger partial charge is 0.372 e. The summed E-state index contributed by atoms with van der Waals surface area (Å²) in [5.74, 6) is 13.5. The molecule has 0 saturated heterocycles. The summed E-state index contributed by atoms with van der Waals surface area (Å²) in [6.07, 6.45) is 14.9. The summed E-state index contributed by atoms with van der Waals surface area (Å²) in [4.78, 5) is 25.0. The second-order valence-electron chi connectivity index (χ2n) is 14.8. The van der Waals surface area contributed by atoms with Gasteiger partial charge < -0.3 is 4.90 Å². The van der Waals surface area contributed by atoms with E-state index in [0.29, 0.717) is 11.1 Å². The molecule has 3 heteroatoms. The van der Waals surface area contributed by atoms with Crippen LogP contribution >= 0.6 is 0 Å². The van der Waals surface area contributed by atoms with Crippen LogP contribution in [0.1, 0.15) is 131 Å². The third-order valence-electron chi connectivity index (χ3n) is 9.51. The van der Waals surface area contributed by atoms with E-state index in [9.17, 15) is 9.59 Å². The van der Waals surface area contributed by atoms with E-state index in [1.807, 2.05) is 24.3 Å². The number of carbonyl (C=O) groups is 2. The molecule has 0 N–H and O–H groups in total. The lowest BCUT2D eigenvalue weighted by Gasteiger charge is -2.24. The van der Waals surface area contributed by atoms with E-state index in [0.717, 1.165) is 70.2 Å². The van der Waals surface area contributed by atoms with Crippen LogP contribution < -0.4 is 4.90 Å². The monoisotopic (exact) mass is 721 g/mol. The molecule has 0 fully saturated rings. The van der Waals surface area contributed by atoms with Gasteiger partial charge in [0.05, 0.1) is 0 Å². The van der Waals surface area contributed by atoms with Crippen LogP contribution in [0.2, 0.25) is 0 Å². The standard InChI is InChI=1S/C52H51NO2/c1-6-8-34-53(35-9-7-2)51-32-24-43(25-33-51)21-29-49-37-46(26-18-40-10-14-44(38-54)15-11-40)48(28-20-42-22-30-50(31-23-42)52(3,4)5)36-47(49)27-19-41-12-16-45(39-55)17-13-41/h10-17,20-25,28-33,36-39H,6-9,34-35H2,1-5H3/b28-20+,29-21+. The number of rotatable bonds is 13. The minimum Gasteiger partial charge on any atom is -0.372 e. The Morgan fingerprint density at radius 1 is 0.509 bits per heavy atom. The molecule has 0 aromatic heterocycles. The molecule has 0 heterocycles. The van der Waals surface area contributed by atoms with E-state index in [1.165, 1.54) is 36.9 Å². The summed E-state index contributed by atoms with van der Waals surface area (Å²) in [6, 6.07) is 36.3. The number of unbranched alkanes of at least 4 members (excludes halogenated alkanes) is 2. The Hall–Kier alpha value is -6.16. The van der Waals surface area contributed by atoms with Gasteiger partial charge in [-0.25, -0.2) is 0 Å². The molecule has 5 rings (SSSR count). The highest BCUT2D eigenvalue weighted by molar-refractivity contribution is 5.80. The molecule has 0 unspecified atom stereocenters. The van der Waals surface area contributed by atoms with Gasteiger partial charge in [0.15, 0.2) is 0 Å². The fraction of sp³-hybridized carbons (Fsp3) is 0.231. The second-order valence-corrected chi connectivity index (χ2v) is 14.8. The molecule has 5 aromatic rings. The van der Waals surface area contributed by atoms with Crippen molar-refractivity contribution in [2.24, 2.45) is 0 Å². The molecule has 5 aromatic carbocycles. The maximum absolute atomic E-state index is 11.3. The molecule has 0 aliphatic carbocycles. The van der Waals surface area contributed by atoms with Crippen LogP contribution in [0.4, 0.5) is 5.69 Å². The number of benzene rings is 5. The second kappa shape index (κ2) is 19.8. The van der Waals surface area contributed by atoms with Crippen molar-refractivity contribution >= 4 is 42.6 Å². The quantitative estimate of drug-likeness (QED) is 0.0690. The zero-order valence-electron chi connectivity index (χ0n) is 32.9. The molecule has 0 radical (unpaired) electrons. The van der Waals surface area contributed by atoms with Crippen LogP contribution in [0.15, 0.2) is 109 Å². The predicted molar refractivity (Wildman–Crippen MR) is 234 cm³/mol. The van der Waals surface area contributed by atoms with E-state index in [2.05, 4.69) is 148 Å². The van der Waals surface area contributed by atoms with E-state index in [1.54, 1.807) is 24.3 Å². The summed E-state index contributed by atoms with van der Waals surface area (Å²) >= 11 is 0. The molecule has 0 aliphatic heterocycles. The van der Waals surface area contributed by atoms with Crippen molar-refractivity contribution in [3.05, 3.63) is 170 Å². The van der Waals surface area contributed by atoms with Crippen LogP contribution in [0, 0.1) is 23.7 Å². The topological polar surface area (TPSA) is 37.4 Å². The smallest absolute Gasteiger partial charge is 0.150 e. The van der Waals surface area contributed by atoms with E-state index in [-0.39, 0.29) is 5.41 Å². The Balaban J connectivity index is 1.58. The highest BCUT2D eigenvalue weighted by Crippen LogP contribution is 2.25. The van der Waals surface area contributed by atoms with E-state index < -0.39 is 0 Å². The molecule has 55 heavy (non-hydrogen) atoms. The number of carbonyl (C=O) groups excluding carboxylic acids is 2. The Bertz CT molecular complexity index is 2220. The van der Waals surface area contributed by atoms with Crippen LogP contribution in [0.3, 0.4) is 0 Å². The Labute approximate surface area is 328 Å². The lowest BCUT2D eigenvalue weighted by Crippen LogP contribution is -2.25. The summed E-state index contributed by atoms with van der Waals surface area (Å²) < 4.78 is 0. The zero-order chi connectivity index (χ0) is 39.0. The SMILES string of the molecule is CCCCN(CCCC)c1ccc(/C=C/c2cc(C#Cc3ccc(C=O)cc3)c(/C=C/c3ccc(C(C)(C)C)cc3)cc2C#Cc2ccc(C=O)cc2)cc1. The van der Waals surface area contributed by atoms with E-state index >= 15 is 0 Å². The van der Waals surface area contributed by atoms with Gasteiger partial charge in [-0.3, -0.25) is 9.59 Å².